The van der Waals surface area contributed by atoms with Crippen LogP contribution in [0.15, 0.2) is 66.7 Å². The summed E-state index contributed by atoms with van der Waals surface area (Å²) in [5.41, 5.74) is -2.26. The van der Waals surface area contributed by atoms with Gasteiger partial charge in [-0.25, -0.2) is 9.71 Å². The van der Waals surface area contributed by atoms with E-state index in [9.17, 15) is 26.4 Å². The first-order valence-corrected chi connectivity index (χ1v) is 13.3. The number of nitrogens with zero attached hydrogens (tertiary/aromatic N) is 2. The summed E-state index contributed by atoms with van der Waals surface area (Å²) in [5, 5.41) is 0.605. The van der Waals surface area contributed by atoms with Crippen LogP contribution >= 0.6 is 11.6 Å². The molecule has 11 heteroatoms. The number of halogens is 4. The van der Waals surface area contributed by atoms with Gasteiger partial charge in [-0.1, -0.05) is 67.4 Å². The number of benzene rings is 3. The van der Waals surface area contributed by atoms with Gasteiger partial charge in [-0.3, -0.25) is 4.79 Å². The lowest BCUT2D eigenvalue weighted by Crippen LogP contribution is -2.40. The Kier molecular flexibility index (Phi) is 7.61. The zero-order chi connectivity index (χ0) is 26.8. The number of imidazole rings is 1. The van der Waals surface area contributed by atoms with Crippen molar-refractivity contribution in [3.8, 4) is 11.1 Å². The maximum Gasteiger partial charge on any atom is 0.516 e. The number of amides is 1. The van der Waals surface area contributed by atoms with Crippen LogP contribution in [0.2, 0.25) is 5.02 Å². The third-order valence-corrected chi connectivity index (χ3v) is 7.15. The van der Waals surface area contributed by atoms with Crippen LogP contribution in [0.25, 0.3) is 22.2 Å². The minimum absolute atomic E-state index is 0.194. The molecular weight excluding hydrogens is 527 g/mol. The van der Waals surface area contributed by atoms with Gasteiger partial charge in [-0.15, -0.1) is 0 Å². The summed E-state index contributed by atoms with van der Waals surface area (Å²) in [6.45, 7) is 2.63. The van der Waals surface area contributed by atoms with Gasteiger partial charge < -0.3 is 4.57 Å². The van der Waals surface area contributed by atoms with Gasteiger partial charge in [0.2, 0.25) is 0 Å². The van der Waals surface area contributed by atoms with Crippen molar-refractivity contribution in [2.24, 2.45) is 0 Å². The van der Waals surface area contributed by atoms with Gasteiger partial charge in [0, 0.05) is 23.6 Å². The molecule has 0 atom stereocenters. The van der Waals surface area contributed by atoms with E-state index in [2.05, 4.69) is 11.5 Å². The van der Waals surface area contributed by atoms with Crippen LogP contribution in [0.1, 0.15) is 41.5 Å². The predicted molar refractivity (Wildman–Crippen MR) is 137 cm³/mol. The van der Waals surface area contributed by atoms with E-state index in [0.29, 0.717) is 22.7 Å². The van der Waals surface area contributed by atoms with E-state index in [0.717, 1.165) is 46.4 Å². The normalized spacial score (nSPS) is 12.1. The van der Waals surface area contributed by atoms with E-state index in [1.165, 1.54) is 12.1 Å². The highest BCUT2D eigenvalue weighted by atomic mass is 35.5. The molecule has 1 aromatic heterocycles. The molecule has 0 aliphatic heterocycles. The molecule has 1 N–H and O–H groups in total. The zero-order valence-electron chi connectivity index (χ0n) is 19.7. The molecule has 0 fully saturated rings. The quantitative estimate of drug-likeness (QED) is 0.278. The Morgan fingerprint density at radius 3 is 2.43 bits per heavy atom. The molecule has 194 valence electrons. The molecule has 1 amide bonds. The average Bonchev–Trinajstić information content (AvgIpc) is 3.18. The molecule has 0 saturated carbocycles. The SMILES string of the molecule is CCCCc1nc2ccc(Cl)cc2n1Cc1ccc(-c2ccccc2C(=O)NS(=O)(=O)C(F)(F)F)cc1. The van der Waals surface area contributed by atoms with Gasteiger partial charge in [0.1, 0.15) is 5.82 Å². The zero-order valence-corrected chi connectivity index (χ0v) is 21.3. The van der Waals surface area contributed by atoms with Crippen LogP contribution in [0.3, 0.4) is 0 Å². The molecule has 0 bridgehead atoms. The Hall–Kier alpha value is -3.37. The van der Waals surface area contributed by atoms with Crippen molar-refractivity contribution in [1.82, 2.24) is 14.3 Å². The van der Waals surface area contributed by atoms with E-state index in [-0.39, 0.29) is 5.56 Å². The second kappa shape index (κ2) is 10.5. The summed E-state index contributed by atoms with van der Waals surface area (Å²) >= 11 is 6.23. The summed E-state index contributed by atoms with van der Waals surface area (Å²) in [6.07, 6.45) is 2.82. The molecule has 3 aromatic carbocycles. The lowest BCUT2D eigenvalue weighted by Gasteiger charge is -2.13. The number of hydrogen-bond acceptors (Lipinski definition) is 4. The van der Waals surface area contributed by atoms with E-state index >= 15 is 0 Å². The van der Waals surface area contributed by atoms with Crippen LogP contribution in [0.4, 0.5) is 13.2 Å². The van der Waals surface area contributed by atoms with Crippen molar-refractivity contribution >= 4 is 38.6 Å². The first-order chi connectivity index (χ1) is 17.5. The molecule has 0 saturated heterocycles. The van der Waals surface area contributed by atoms with E-state index < -0.39 is 21.4 Å². The Labute approximate surface area is 217 Å². The molecule has 6 nitrogen and oxygen atoms in total. The lowest BCUT2D eigenvalue weighted by molar-refractivity contribution is -0.0446. The number of nitrogens with one attached hydrogen (secondary N) is 1. The number of carbonyl (C=O) groups is 1. The number of fused-ring (bicyclic) bond motifs is 1. The van der Waals surface area contributed by atoms with Gasteiger partial charge >= 0.3 is 15.5 Å². The fourth-order valence-electron chi connectivity index (χ4n) is 3.99. The summed E-state index contributed by atoms with van der Waals surface area (Å²) < 4.78 is 64.2. The standard InChI is InChI=1S/C26H23ClF3N3O3S/c1-2-3-8-24-31-22-14-13-19(27)15-23(22)33(24)16-17-9-11-18(12-10-17)20-6-4-5-7-21(20)25(34)32-37(35,36)26(28,29)30/h4-7,9-15H,2-3,8,16H2,1H3,(H,32,34). The van der Waals surface area contributed by atoms with Crippen molar-refractivity contribution in [1.29, 1.82) is 0 Å². The van der Waals surface area contributed by atoms with Gasteiger partial charge in [-0.2, -0.15) is 21.6 Å². The maximum absolute atomic E-state index is 12.7. The second-order valence-corrected chi connectivity index (χ2v) is 10.6. The van der Waals surface area contributed by atoms with Crippen LogP contribution in [-0.2, 0) is 23.0 Å². The maximum atomic E-state index is 12.7. The Morgan fingerprint density at radius 1 is 1.05 bits per heavy atom. The van der Waals surface area contributed by atoms with Crippen molar-refractivity contribution in [2.75, 3.05) is 0 Å². The van der Waals surface area contributed by atoms with Gasteiger partial charge in [-0.05, 0) is 47.4 Å². The van der Waals surface area contributed by atoms with Crippen molar-refractivity contribution < 1.29 is 26.4 Å². The van der Waals surface area contributed by atoms with E-state index in [1.54, 1.807) is 30.3 Å². The molecule has 4 rings (SSSR count). The van der Waals surface area contributed by atoms with Crippen LogP contribution in [0, 0.1) is 0 Å². The Bertz CT molecular complexity index is 1550. The first kappa shape index (κ1) is 26.7. The summed E-state index contributed by atoms with van der Waals surface area (Å²) in [7, 11) is -5.83. The second-order valence-electron chi connectivity index (χ2n) is 8.47. The number of carbonyl (C=O) groups excluding carboxylic acids is 1. The van der Waals surface area contributed by atoms with E-state index in [1.807, 2.05) is 24.3 Å². The molecule has 0 aliphatic carbocycles. The first-order valence-electron chi connectivity index (χ1n) is 11.5. The molecule has 0 spiro atoms. The Morgan fingerprint density at radius 2 is 1.76 bits per heavy atom. The average molecular weight is 550 g/mol. The smallest absolute Gasteiger partial charge is 0.323 e. The largest absolute Gasteiger partial charge is 0.516 e. The third-order valence-electron chi connectivity index (χ3n) is 5.85. The summed E-state index contributed by atoms with van der Waals surface area (Å²) in [4.78, 5) is 17.2. The number of sulfonamides is 1. The van der Waals surface area contributed by atoms with E-state index in [4.69, 9.17) is 16.6 Å². The molecule has 0 unspecified atom stereocenters. The molecular formula is C26H23ClF3N3O3S. The number of aromatic nitrogens is 2. The van der Waals surface area contributed by atoms with Gasteiger partial charge in [0.25, 0.3) is 5.91 Å². The van der Waals surface area contributed by atoms with Crippen LogP contribution < -0.4 is 4.72 Å². The number of hydrogen-bond donors (Lipinski definition) is 1. The van der Waals surface area contributed by atoms with Gasteiger partial charge in [0.05, 0.1) is 11.0 Å². The highest BCUT2D eigenvalue weighted by Gasteiger charge is 2.47. The van der Waals surface area contributed by atoms with Gasteiger partial charge in [0.15, 0.2) is 0 Å². The van der Waals surface area contributed by atoms with Crippen molar-refractivity contribution in [2.45, 2.75) is 38.2 Å². The van der Waals surface area contributed by atoms with Crippen molar-refractivity contribution in [3.63, 3.8) is 0 Å². The molecule has 4 aromatic rings. The highest BCUT2D eigenvalue weighted by molar-refractivity contribution is 7.90. The predicted octanol–water partition coefficient (Wildman–Crippen LogP) is 6.33. The fraction of sp³-hybridized carbons (Fsp3) is 0.231. The fourth-order valence-corrected chi connectivity index (χ4v) is 4.62. The summed E-state index contributed by atoms with van der Waals surface area (Å²) in [5.74, 6) is -0.421. The number of aryl methyl sites for hydroxylation is 1. The van der Waals surface area contributed by atoms with Crippen LogP contribution in [0.5, 0.6) is 0 Å². The number of rotatable bonds is 8. The molecule has 0 radical (unpaired) electrons. The molecule has 1 heterocycles. The minimum Gasteiger partial charge on any atom is -0.323 e. The van der Waals surface area contributed by atoms with Crippen LogP contribution in [-0.4, -0.2) is 29.4 Å². The van der Waals surface area contributed by atoms with Crippen molar-refractivity contribution in [3.05, 3.63) is 88.7 Å². The number of alkyl halides is 3. The Balaban J connectivity index is 1.63. The lowest BCUT2D eigenvalue weighted by atomic mass is 9.98. The third kappa shape index (κ3) is 5.80. The minimum atomic E-state index is -5.83. The topological polar surface area (TPSA) is 81.1 Å². The highest BCUT2D eigenvalue weighted by Crippen LogP contribution is 2.28. The summed E-state index contributed by atoms with van der Waals surface area (Å²) in [6, 6.07) is 18.6. The molecule has 0 aliphatic rings. The molecule has 37 heavy (non-hydrogen) atoms. The number of unbranched alkanes of at least 4 members (excludes halogenated alkanes) is 1. The monoisotopic (exact) mass is 549 g/mol.